The van der Waals surface area contributed by atoms with Crippen LogP contribution in [0.5, 0.6) is 0 Å². The summed E-state index contributed by atoms with van der Waals surface area (Å²) in [6.45, 7) is 3.49. The van der Waals surface area contributed by atoms with E-state index in [0.717, 1.165) is 4.47 Å². The smallest absolute Gasteiger partial charge is 0.257 e. The van der Waals surface area contributed by atoms with Crippen molar-refractivity contribution in [2.45, 2.75) is 24.8 Å². The van der Waals surface area contributed by atoms with Gasteiger partial charge in [0, 0.05) is 16.2 Å². The van der Waals surface area contributed by atoms with Gasteiger partial charge in [-0.3, -0.25) is 4.79 Å². The third-order valence-electron chi connectivity index (χ3n) is 2.99. The number of benzene rings is 2. The molecule has 0 atom stereocenters. The van der Waals surface area contributed by atoms with E-state index in [1.54, 1.807) is 32.0 Å². The highest BCUT2D eigenvalue weighted by Gasteiger charge is 2.16. The fraction of sp³-hybridized carbons (Fsp3) is 0.188. The second-order valence-electron chi connectivity index (χ2n) is 5.38. The highest BCUT2D eigenvalue weighted by atomic mass is 79.9. The Morgan fingerprint density at radius 1 is 1.12 bits per heavy atom. The first-order valence-corrected chi connectivity index (χ1v) is 9.73. The van der Waals surface area contributed by atoms with Gasteiger partial charge in [-0.25, -0.2) is 13.1 Å². The topological polar surface area (TPSA) is 75.3 Å². The Bertz CT molecular complexity index is 852. The zero-order chi connectivity index (χ0) is 17.9. The second kappa shape index (κ2) is 7.65. The van der Waals surface area contributed by atoms with Gasteiger partial charge in [-0.2, -0.15) is 0 Å². The van der Waals surface area contributed by atoms with Gasteiger partial charge in [0.25, 0.3) is 5.91 Å². The van der Waals surface area contributed by atoms with E-state index in [4.69, 9.17) is 11.6 Å². The normalized spacial score (nSPS) is 11.5. The predicted molar refractivity (Wildman–Crippen MR) is 99.0 cm³/mol. The van der Waals surface area contributed by atoms with Crippen LogP contribution >= 0.6 is 27.5 Å². The van der Waals surface area contributed by atoms with E-state index < -0.39 is 10.0 Å². The molecule has 8 heteroatoms. The number of halogens is 2. The van der Waals surface area contributed by atoms with Crippen molar-refractivity contribution in [1.82, 2.24) is 4.72 Å². The summed E-state index contributed by atoms with van der Waals surface area (Å²) in [4.78, 5) is 12.4. The Balaban J connectivity index is 2.17. The first-order valence-electron chi connectivity index (χ1n) is 7.08. The summed E-state index contributed by atoms with van der Waals surface area (Å²) < 4.78 is 27.3. The van der Waals surface area contributed by atoms with Crippen molar-refractivity contribution < 1.29 is 13.2 Å². The van der Waals surface area contributed by atoms with Gasteiger partial charge in [0.2, 0.25) is 10.0 Å². The molecule has 0 aromatic heterocycles. The van der Waals surface area contributed by atoms with E-state index in [2.05, 4.69) is 26.0 Å². The van der Waals surface area contributed by atoms with E-state index in [1.807, 2.05) is 0 Å². The quantitative estimate of drug-likeness (QED) is 0.750. The minimum Gasteiger partial charge on any atom is -0.322 e. The van der Waals surface area contributed by atoms with E-state index in [-0.39, 0.29) is 16.8 Å². The molecule has 2 aromatic carbocycles. The standard InChI is InChI=1S/C16H16BrClN2O3S/c1-10(2)20-24(22,23)13-6-4-12(5-7-13)19-16(21)14-9-11(17)3-8-15(14)18/h3-10,20H,1-2H3,(H,19,21). The van der Waals surface area contributed by atoms with Crippen LogP contribution in [-0.2, 0) is 10.0 Å². The third kappa shape index (κ3) is 4.80. The molecule has 0 bridgehead atoms. The Kier molecular flexibility index (Phi) is 6.03. The fourth-order valence-corrected chi connectivity index (χ4v) is 3.78. The lowest BCUT2D eigenvalue weighted by Gasteiger charge is -2.11. The van der Waals surface area contributed by atoms with E-state index in [0.29, 0.717) is 16.3 Å². The Morgan fingerprint density at radius 3 is 2.33 bits per heavy atom. The van der Waals surface area contributed by atoms with E-state index in [1.165, 1.54) is 24.3 Å². The molecule has 0 saturated carbocycles. The molecule has 5 nitrogen and oxygen atoms in total. The monoisotopic (exact) mass is 430 g/mol. The molecule has 0 fully saturated rings. The SMILES string of the molecule is CC(C)NS(=O)(=O)c1ccc(NC(=O)c2cc(Br)ccc2Cl)cc1. The molecule has 1 amide bonds. The fourth-order valence-electron chi connectivity index (χ4n) is 1.97. The molecule has 2 rings (SSSR count). The van der Waals surface area contributed by atoms with E-state index in [9.17, 15) is 13.2 Å². The maximum absolute atomic E-state index is 12.3. The molecule has 0 unspecified atom stereocenters. The zero-order valence-electron chi connectivity index (χ0n) is 13.0. The molecule has 0 aliphatic rings. The van der Waals surface area contributed by atoms with Crippen LogP contribution in [0.4, 0.5) is 5.69 Å². The molecule has 0 saturated heterocycles. The van der Waals surface area contributed by atoms with Gasteiger partial charge < -0.3 is 5.32 Å². The van der Waals surface area contributed by atoms with Gasteiger partial charge in [-0.15, -0.1) is 0 Å². The number of hydrogen-bond donors (Lipinski definition) is 2. The van der Waals surface area contributed by atoms with Crippen LogP contribution in [0.25, 0.3) is 0 Å². The number of nitrogens with one attached hydrogen (secondary N) is 2. The molecular formula is C16H16BrClN2O3S. The summed E-state index contributed by atoms with van der Waals surface area (Å²) in [5.41, 5.74) is 0.795. The van der Waals surface area contributed by atoms with Gasteiger partial charge >= 0.3 is 0 Å². The highest BCUT2D eigenvalue weighted by molar-refractivity contribution is 9.10. The largest absolute Gasteiger partial charge is 0.322 e. The number of sulfonamides is 1. The number of amides is 1. The average molecular weight is 432 g/mol. The van der Waals surface area contributed by atoms with Crippen LogP contribution < -0.4 is 10.0 Å². The average Bonchev–Trinajstić information content (AvgIpc) is 2.49. The Morgan fingerprint density at radius 2 is 1.75 bits per heavy atom. The maximum Gasteiger partial charge on any atom is 0.257 e. The van der Waals surface area contributed by atoms with Crippen molar-refractivity contribution in [2.75, 3.05) is 5.32 Å². The first-order chi connectivity index (χ1) is 11.2. The van der Waals surface area contributed by atoms with Gasteiger partial charge in [0.05, 0.1) is 15.5 Å². The first kappa shape index (κ1) is 18.9. The molecule has 0 heterocycles. The van der Waals surface area contributed by atoms with Crippen LogP contribution in [0.3, 0.4) is 0 Å². The summed E-state index contributed by atoms with van der Waals surface area (Å²) in [6, 6.07) is 10.7. The molecule has 0 aliphatic heterocycles. The molecule has 0 spiro atoms. The van der Waals surface area contributed by atoms with Gasteiger partial charge in [-0.1, -0.05) is 27.5 Å². The molecule has 0 radical (unpaired) electrons. The van der Waals surface area contributed by atoms with Crippen molar-refractivity contribution in [3.63, 3.8) is 0 Å². The predicted octanol–water partition coefficient (Wildman–Crippen LogP) is 4.04. The van der Waals surface area contributed by atoms with Crippen LogP contribution in [0.1, 0.15) is 24.2 Å². The summed E-state index contributed by atoms with van der Waals surface area (Å²) in [5.74, 6) is -0.378. The van der Waals surface area contributed by atoms with Crippen LogP contribution in [0, 0.1) is 0 Å². The molecule has 2 N–H and O–H groups in total. The minimum atomic E-state index is -3.56. The molecule has 128 valence electrons. The summed E-state index contributed by atoms with van der Waals surface area (Å²) in [6.07, 6.45) is 0. The summed E-state index contributed by atoms with van der Waals surface area (Å²) in [5, 5.41) is 3.02. The second-order valence-corrected chi connectivity index (χ2v) is 8.42. The summed E-state index contributed by atoms with van der Waals surface area (Å²) >= 11 is 9.31. The van der Waals surface area contributed by atoms with Crippen molar-refractivity contribution >= 4 is 49.1 Å². The lowest BCUT2D eigenvalue weighted by Crippen LogP contribution is -2.30. The molecular weight excluding hydrogens is 416 g/mol. The molecule has 24 heavy (non-hydrogen) atoms. The van der Waals surface area contributed by atoms with Crippen molar-refractivity contribution in [2.24, 2.45) is 0 Å². The van der Waals surface area contributed by atoms with Crippen LogP contribution in [-0.4, -0.2) is 20.4 Å². The number of anilines is 1. The lowest BCUT2D eigenvalue weighted by atomic mass is 10.2. The Labute approximate surface area is 154 Å². The van der Waals surface area contributed by atoms with E-state index >= 15 is 0 Å². The minimum absolute atomic E-state index is 0.134. The number of carbonyl (C=O) groups excluding carboxylic acids is 1. The van der Waals surface area contributed by atoms with Crippen molar-refractivity contribution in [3.8, 4) is 0 Å². The highest BCUT2D eigenvalue weighted by Crippen LogP contribution is 2.22. The van der Waals surface area contributed by atoms with Crippen molar-refractivity contribution in [3.05, 3.63) is 57.5 Å². The number of carbonyl (C=O) groups is 1. The molecule has 2 aromatic rings. The van der Waals surface area contributed by atoms with Crippen LogP contribution in [0.15, 0.2) is 51.8 Å². The lowest BCUT2D eigenvalue weighted by molar-refractivity contribution is 0.102. The zero-order valence-corrected chi connectivity index (χ0v) is 16.2. The third-order valence-corrected chi connectivity index (χ3v) is 5.48. The Hall–Kier alpha value is -1.41. The maximum atomic E-state index is 12.3. The number of rotatable bonds is 5. The number of hydrogen-bond acceptors (Lipinski definition) is 3. The van der Waals surface area contributed by atoms with Gasteiger partial charge in [0.15, 0.2) is 0 Å². The van der Waals surface area contributed by atoms with Crippen molar-refractivity contribution in [1.29, 1.82) is 0 Å². The summed E-state index contributed by atoms with van der Waals surface area (Å²) in [7, 11) is -3.56. The van der Waals surface area contributed by atoms with Crippen LogP contribution in [0.2, 0.25) is 5.02 Å². The van der Waals surface area contributed by atoms with Gasteiger partial charge in [-0.05, 0) is 56.3 Å². The van der Waals surface area contributed by atoms with Gasteiger partial charge in [0.1, 0.15) is 0 Å². The molecule has 0 aliphatic carbocycles.